The maximum atomic E-state index is 13.6. The number of amides is 3. The predicted molar refractivity (Wildman–Crippen MR) is 131 cm³/mol. The van der Waals surface area contributed by atoms with E-state index >= 15 is 0 Å². The van der Waals surface area contributed by atoms with Gasteiger partial charge in [-0.25, -0.2) is 26.4 Å². The van der Waals surface area contributed by atoms with Crippen molar-refractivity contribution in [2.75, 3.05) is 18.1 Å². The maximum Gasteiger partial charge on any atom is 0.501 e. The molecule has 3 heterocycles. The molecular weight excluding hydrogens is 506 g/mol. The fourth-order valence-electron chi connectivity index (χ4n) is 4.80. The number of imide groups is 1. The molecule has 4 aliphatic rings. The van der Waals surface area contributed by atoms with Crippen LogP contribution >= 0.6 is 0 Å². The molecule has 0 spiro atoms. The minimum Gasteiger partial charge on any atom is -0.275 e. The lowest BCUT2D eigenvalue weighted by atomic mass is 9.97. The smallest absolute Gasteiger partial charge is 0.275 e. The molecule has 1 aromatic rings. The van der Waals surface area contributed by atoms with E-state index in [-0.39, 0.29) is 36.1 Å². The first-order valence-electron chi connectivity index (χ1n) is 12.0. The highest BCUT2D eigenvalue weighted by Gasteiger charge is 2.48. The zero-order valence-electron chi connectivity index (χ0n) is 20.3. The Morgan fingerprint density at radius 2 is 1.92 bits per heavy atom. The number of carbonyl (C=O) groups excluding carboxylic acids is 2. The van der Waals surface area contributed by atoms with Crippen LogP contribution in [-0.2, 0) is 38.2 Å². The number of urea groups is 1. The van der Waals surface area contributed by atoms with Gasteiger partial charge in [0, 0.05) is 24.3 Å². The summed E-state index contributed by atoms with van der Waals surface area (Å²) >= 11 is 0. The number of hydrogen-bond acceptors (Lipinski definition) is 7. The van der Waals surface area contributed by atoms with Crippen LogP contribution in [0.5, 0.6) is 0 Å². The van der Waals surface area contributed by atoms with E-state index in [4.69, 9.17) is 0 Å². The lowest BCUT2D eigenvalue weighted by molar-refractivity contribution is -0.445. The molecule has 13 heteroatoms. The Bertz CT molecular complexity index is 1420. The molecule has 11 nitrogen and oxygen atoms in total. The molecule has 0 bridgehead atoms. The van der Waals surface area contributed by atoms with E-state index in [9.17, 15) is 26.4 Å². The van der Waals surface area contributed by atoms with Crippen molar-refractivity contribution < 1.29 is 31.0 Å². The number of hydrogen-bond donors (Lipinski definition) is 1. The molecule has 0 aromatic carbocycles. The zero-order valence-corrected chi connectivity index (χ0v) is 21.9. The molecule has 194 valence electrons. The monoisotopic (exact) mass is 536 g/mol. The van der Waals surface area contributed by atoms with Gasteiger partial charge in [0.2, 0.25) is 10.0 Å². The summed E-state index contributed by atoms with van der Waals surface area (Å²) in [6.07, 6.45) is 10.1. The minimum absolute atomic E-state index is 0.0108. The number of fused-ring (bicyclic) bond motifs is 1. The summed E-state index contributed by atoms with van der Waals surface area (Å²) in [5.41, 5.74) is 0.706. The summed E-state index contributed by atoms with van der Waals surface area (Å²) in [7, 11) is -5.11. The fourth-order valence-corrected chi connectivity index (χ4v) is 8.02. The number of sulfone groups is 1. The van der Waals surface area contributed by atoms with Crippen LogP contribution in [0, 0.1) is 5.92 Å². The van der Waals surface area contributed by atoms with Crippen molar-refractivity contribution in [3.63, 3.8) is 0 Å². The number of aromatic nitrogens is 2. The Balaban J connectivity index is 1.50. The Morgan fingerprint density at radius 1 is 1.22 bits per heavy atom. The van der Waals surface area contributed by atoms with Crippen molar-refractivity contribution in [3.8, 4) is 0 Å². The number of allylic oxidation sites excluding steroid dienone is 1. The predicted octanol–water partition coefficient (Wildman–Crippen LogP) is 0.497. The van der Waals surface area contributed by atoms with E-state index in [0.29, 0.717) is 24.1 Å². The summed E-state index contributed by atoms with van der Waals surface area (Å²) in [5, 5.41) is 3.05. The van der Waals surface area contributed by atoms with Crippen LogP contribution in [0.25, 0.3) is 0 Å². The highest BCUT2D eigenvalue weighted by Crippen LogP contribution is 2.36. The Hall–Kier alpha value is -2.64. The van der Waals surface area contributed by atoms with Crippen LogP contribution in [0.15, 0.2) is 36.2 Å². The Morgan fingerprint density at radius 3 is 2.53 bits per heavy atom. The first-order chi connectivity index (χ1) is 16.9. The summed E-state index contributed by atoms with van der Waals surface area (Å²) in [4.78, 5) is 28.2. The van der Waals surface area contributed by atoms with E-state index in [0.717, 1.165) is 17.7 Å². The van der Waals surface area contributed by atoms with E-state index in [1.54, 1.807) is 24.1 Å². The second kappa shape index (κ2) is 8.73. The van der Waals surface area contributed by atoms with Gasteiger partial charge in [0.05, 0.1) is 24.2 Å². The van der Waals surface area contributed by atoms with Crippen molar-refractivity contribution in [1.29, 1.82) is 0 Å². The average molecular weight is 537 g/mol. The number of nitrogens with one attached hydrogen (secondary N) is 1. The summed E-state index contributed by atoms with van der Waals surface area (Å²) in [5.74, 6) is -0.484. The Kier molecular flexibility index (Phi) is 6.07. The lowest BCUT2D eigenvalue weighted by Gasteiger charge is -2.28. The van der Waals surface area contributed by atoms with Crippen LogP contribution in [0.2, 0.25) is 0 Å². The van der Waals surface area contributed by atoms with E-state index in [1.165, 1.54) is 22.8 Å². The van der Waals surface area contributed by atoms with Crippen molar-refractivity contribution in [2.45, 2.75) is 49.9 Å². The SMILES string of the molecule is Cn1cc(CN2C(=O)C3=CC(S(=O)(=O)NC4(C)CC4)C=CC3=[N+](CC3CCS(=O)(=O)CC3)C2=O)cn1. The maximum absolute atomic E-state index is 13.6. The third-order valence-electron chi connectivity index (χ3n) is 7.24. The minimum atomic E-state index is -3.78. The fraction of sp³-hybridized carbons (Fsp3) is 0.565. The van der Waals surface area contributed by atoms with Gasteiger partial charge in [-0.05, 0) is 50.7 Å². The van der Waals surface area contributed by atoms with Gasteiger partial charge in [0.25, 0.3) is 0 Å². The molecule has 36 heavy (non-hydrogen) atoms. The molecule has 2 aliphatic heterocycles. The quantitative estimate of drug-likeness (QED) is 0.501. The normalized spacial score (nSPS) is 25.7. The van der Waals surface area contributed by atoms with E-state index in [2.05, 4.69) is 9.82 Å². The molecule has 1 saturated heterocycles. The van der Waals surface area contributed by atoms with E-state index < -0.39 is 42.6 Å². The topological polar surface area (TPSA) is 139 Å². The first kappa shape index (κ1) is 25.0. The summed E-state index contributed by atoms with van der Waals surface area (Å²) in [6, 6.07) is -0.515. The van der Waals surface area contributed by atoms with Gasteiger partial charge in [0.1, 0.15) is 32.9 Å². The molecule has 3 amide bonds. The first-order valence-corrected chi connectivity index (χ1v) is 15.3. The number of sulfonamides is 1. The average Bonchev–Trinajstić information content (AvgIpc) is 3.38. The number of carbonyl (C=O) groups is 2. The largest absolute Gasteiger partial charge is 0.501 e. The van der Waals surface area contributed by atoms with Crippen LogP contribution in [-0.4, -0.2) is 82.6 Å². The number of aryl methyl sites for hydroxylation is 1. The van der Waals surface area contributed by atoms with Gasteiger partial charge >= 0.3 is 11.9 Å². The molecule has 1 N–H and O–H groups in total. The number of nitrogens with zero attached hydrogens (tertiary/aromatic N) is 4. The van der Waals surface area contributed by atoms with Gasteiger partial charge in [-0.2, -0.15) is 19.4 Å². The van der Waals surface area contributed by atoms with Crippen molar-refractivity contribution >= 4 is 37.5 Å². The molecule has 2 aliphatic carbocycles. The summed E-state index contributed by atoms with van der Waals surface area (Å²) in [6.45, 7) is 2.08. The van der Waals surface area contributed by atoms with Gasteiger partial charge in [-0.1, -0.05) is 6.08 Å². The van der Waals surface area contributed by atoms with Crippen molar-refractivity contribution in [1.82, 2.24) is 19.4 Å². The number of rotatable bonds is 7. The van der Waals surface area contributed by atoms with Crippen molar-refractivity contribution in [3.05, 3.63) is 41.8 Å². The Labute approximate surface area is 210 Å². The molecule has 1 saturated carbocycles. The standard InChI is InChI=1S/C23H30N5O6S2/c1-23(7-8-23)25-36(33,34)18-3-4-20-19(11-18)21(29)28(15-17-12-24-26(2)13-17)22(30)27(20)14-16-5-9-35(31,32)10-6-16/h3-4,11-13,16,18,25H,5-10,14-15H2,1-2H3/q+1. The highest BCUT2D eigenvalue weighted by molar-refractivity contribution is 7.91. The van der Waals surface area contributed by atoms with Gasteiger partial charge in [-0.15, -0.1) is 0 Å². The van der Waals surface area contributed by atoms with Crippen LogP contribution in [0.1, 0.15) is 38.2 Å². The second-order valence-corrected chi connectivity index (χ2v) is 14.5. The second-order valence-electron chi connectivity index (χ2n) is 10.4. The van der Waals surface area contributed by atoms with Crippen LogP contribution in [0.3, 0.4) is 0 Å². The van der Waals surface area contributed by atoms with Crippen molar-refractivity contribution in [2.24, 2.45) is 13.0 Å². The van der Waals surface area contributed by atoms with Crippen LogP contribution < -0.4 is 4.72 Å². The van der Waals surface area contributed by atoms with Crippen LogP contribution in [0.4, 0.5) is 4.79 Å². The molecule has 0 radical (unpaired) electrons. The van der Waals surface area contributed by atoms with Gasteiger partial charge < -0.3 is 0 Å². The van der Waals surface area contributed by atoms with Gasteiger partial charge in [0.15, 0.2) is 0 Å². The molecule has 1 aromatic heterocycles. The third-order valence-corrected chi connectivity index (χ3v) is 10.7. The third kappa shape index (κ3) is 4.96. The molecule has 2 fully saturated rings. The highest BCUT2D eigenvalue weighted by atomic mass is 32.2. The lowest BCUT2D eigenvalue weighted by Crippen LogP contribution is -2.53. The molecule has 1 unspecified atom stereocenters. The molecular formula is C23H30N5O6S2+. The summed E-state index contributed by atoms with van der Waals surface area (Å²) < 4.78 is 55.6. The molecule has 1 atom stereocenters. The zero-order chi connectivity index (χ0) is 25.9. The molecule has 5 rings (SSSR count). The van der Waals surface area contributed by atoms with Gasteiger partial charge in [-0.3, -0.25) is 4.68 Å². The van der Waals surface area contributed by atoms with E-state index in [1.807, 2.05) is 6.92 Å².